The van der Waals surface area contributed by atoms with E-state index < -0.39 is 0 Å². The Morgan fingerprint density at radius 3 is 2.85 bits per heavy atom. The molecule has 4 heterocycles. The van der Waals surface area contributed by atoms with Crippen molar-refractivity contribution < 1.29 is 9.47 Å². The van der Waals surface area contributed by atoms with Crippen molar-refractivity contribution >= 4 is 22.4 Å². The first-order valence-electron chi connectivity index (χ1n) is 11.7. The van der Waals surface area contributed by atoms with Gasteiger partial charge in [-0.25, -0.2) is 9.97 Å². The third-order valence-corrected chi connectivity index (χ3v) is 6.08. The van der Waals surface area contributed by atoms with Gasteiger partial charge in [0, 0.05) is 51.2 Å². The molecule has 176 valence electrons. The van der Waals surface area contributed by atoms with E-state index in [4.69, 9.17) is 14.5 Å². The Labute approximate surface area is 195 Å². The summed E-state index contributed by atoms with van der Waals surface area (Å²) in [6.45, 7) is 14.7. The molecule has 0 bridgehead atoms. The molecule has 0 spiro atoms. The number of rotatable bonds is 8. The zero-order chi connectivity index (χ0) is 23.0. The molecule has 33 heavy (non-hydrogen) atoms. The fourth-order valence-electron chi connectivity index (χ4n) is 4.32. The molecule has 2 aliphatic rings. The number of hydrogen-bond acceptors (Lipinski definition) is 8. The number of aromatic nitrogens is 3. The predicted octanol–water partition coefficient (Wildman–Crippen LogP) is 2.66. The summed E-state index contributed by atoms with van der Waals surface area (Å²) in [5.74, 6) is 0.726. The molecule has 2 aromatic rings. The fraction of sp³-hybridized carbons (Fsp3) is 0.480. The molecule has 8 heteroatoms. The summed E-state index contributed by atoms with van der Waals surface area (Å²) in [6.07, 6.45) is 9.81. The summed E-state index contributed by atoms with van der Waals surface area (Å²) >= 11 is 0. The van der Waals surface area contributed by atoms with Crippen LogP contribution in [-0.2, 0) is 9.47 Å². The SMILES string of the molecule is C=CC(/C(C)=C\C(=C/C)c1cc2nccnc2c(NC[C@@H]2CNCCO2)n1)N1CCOCC1. The van der Waals surface area contributed by atoms with Gasteiger partial charge in [0.25, 0.3) is 0 Å². The van der Waals surface area contributed by atoms with Crippen LogP contribution < -0.4 is 10.6 Å². The Morgan fingerprint density at radius 1 is 1.30 bits per heavy atom. The second-order valence-electron chi connectivity index (χ2n) is 8.32. The van der Waals surface area contributed by atoms with Gasteiger partial charge in [-0.1, -0.05) is 23.8 Å². The molecule has 8 nitrogen and oxygen atoms in total. The number of allylic oxidation sites excluding steroid dienone is 3. The molecule has 2 saturated heterocycles. The lowest BCUT2D eigenvalue weighted by Crippen LogP contribution is -2.43. The Kier molecular flexibility index (Phi) is 8.17. The number of nitrogens with one attached hydrogen (secondary N) is 2. The molecule has 2 aromatic heterocycles. The maximum atomic E-state index is 5.83. The van der Waals surface area contributed by atoms with Gasteiger partial charge in [0.05, 0.1) is 37.1 Å². The maximum Gasteiger partial charge on any atom is 0.154 e. The normalized spacial score (nSPS) is 21.7. The van der Waals surface area contributed by atoms with Gasteiger partial charge in [-0.2, -0.15) is 0 Å². The Bertz CT molecular complexity index is 1010. The van der Waals surface area contributed by atoms with Gasteiger partial charge in [0.2, 0.25) is 0 Å². The van der Waals surface area contributed by atoms with Gasteiger partial charge < -0.3 is 20.1 Å². The first-order valence-corrected chi connectivity index (χ1v) is 11.7. The van der Waals surface area contributed by atoms with E-state index in [1.54, 1.807) is 12.4 Å². The first-order chi connectivity index (χ1) is 16.2. The van der Waals surface area contributed by atoms with Crippen molar-refractivity contribution in [2.75, 3.05) is 57.9 Å². The van der Waals surface area contributed by atoms with Gasteiger partial charge in [0.1, 0.15) is 5.52 Å². The van der Waals surface area contributed by atoms with Gasteiger partial charge in [-0.15, -0.1) is 6.58 Å². The van der Waals surface area contributed by atoms with Gasteiger partial charge >= 0.3 is 0 Å². The van der Waals surface area contributed by atoms with E-state index in [1.165, 1.54) is 5.57 Å². The minimum absolute atomic E-state index is 0.0983. The topological polar surface area (TPSA) is 84.4 Å². The molecule has 2 aliphatic heterocycles. The molecule has 0 saturated carbocycles. The Balaban J connectivity index is 1.61. The van der Waals surface area contributed by atoms with E-state index >= 15 is 0 Å². The third-order valence-electron chi connectivity index (χ3n) is 6.08. The Hall–Kier alpha value is -2.65. The number of hydrogen-bond donors (Lipinski definition) is 2. The number of anilines is 1. The van der Waals surface area contributed by atoms with Crippen LogP contribution in [0.25, 0.3) is 16.6 Å². The van der Waals surface area contributed by atoms with Gasteiger partial charge in [-0.05, 0) is 25.5 Å². The van der Waals surface area contributed by atoms with Crippen molar-refractivity contribution in [1.29, 1.82) is 0 Å². The summed E-state index contributed by atoms with van der Waals surface area (Å²) in [5.41, 5.74) is 4.70. The summed E-state index contributed by atoms with van der Waals surface area (Å²) < 4.78 is 11.3. The molecule has 0 radical (unpaired) electrons. The van der Waals surface area contributed by atoms with Crippen LogP contribution in [0.3, 0.4) is 0 Å². The number of fused-ring (bicyclic) bond motifs is 1. The van der Waals surface area contributed by atoms with Crippen LogP contribution >= 0.6 is 0 Å². The second kappa shape index (κ2) is 11.5. The second-order valence-corrected chi connectivity index (χ2v) is 8.32. The highest BCUT2D eigenvalue weighted by molar-refractivity contribution is 5.89. The molecule has 2 atom stereocenters. The lowest BCUT2D eigenvalue weighted by Gasteiger charge is -2.33. The quantitative estimate of drug-likeness (QED) is 0.469. The number of pyridine rings is 1. The first kappa shape index (κ1) is 23.5. The average molecular weight is 451 g/mol. The van der Waals surface area contributed by atoms with E-state index in [9.17, 15) is 0 Å². The molecule has 0 aliphatic carbocycles. The molecule has 2 N–H and O–H groups in total. The van der Waals surface area contributed by atoms with E-state index in [0.29, 0.717) is 6.54 Å². The van der Waals surface area contributed by atoms with Crippen molar-refractivity contribution in [3.63, 3.8) is 0 Å². The highest BCUT2D eigenvalue weighted by Crippen LogP contribution is 2.26. The van der Waals surface area contributed by atoms with Crippen LogP contribution in [0.5, 0.6) is 0 Å². The van der Waals surface area contributed by atoms with E-state index in [1.807, 2.05) is 19.1 Å². The number of morpholine rings is 2. The summed E-state index contributed by atoms with van der Waals surface area (Å²) in [6, 6.07) is 2.17. The summed E-state index contributed by atoms with van der Waals surface area (Å²) in [4.78, 5) is 16.4. The molecule has 4 rings (SSSR count). The maximum absolute atomic E-state index is 5.83. The van der Waals surface area contributed by atoms with Crippen molar-refractivity contribution in [3.05, 3.63) is 54.5 Å². The number of nitrogens with zero attached hydrogens (tertiary/aromatic N) is 4. The van der Waals surface area contributed by atoms with Crippen molar-refractivity contribution in [3.8, 4) is 0 Å². The van der Waals surface area contributed by atoms with Gasteiger partial charge in [-0.3, -0.25) is 9.88 Å². The molecule has 0 amide bonds. The molecule has 1 unspecified atom stereocenters. The number of ether oxygens (including phenoxy) is 2. The van der Waals surface area contributed by atoms with E-state index in [2.05, 4.69) is 51.2 Å². The van der Waals surface area contributed by atoms with Crippen molar-refractivity contribution in [2.24, 2.45) is 0 Å². The molecule has 2 fully saturated rings. The van der Waals surface area contributed by atoms with Gasteiger partial charge in [0.15, 0.2) is 5.82 Å². The molecular formula is C25H34N6O2. The van der Waals surface area contributed by atoms with Crippen LogP contribution in [0.15, 0.2) is 48.8 Å². The van der Waals surface area contributed by atoms with E-state index in [0.717, 1.165) is 74.1 Å². The lowest BCUT2D eigenvalue weighted by molar-refractivity contribution is 0.0314. The zero-order valence-corrected chi connectivity index (χ0v) is 19.6. The van der Waals surface area contributed by atoms with Crippen molar-refractivity contribution in [2.45, 2.75) is 26.0 Å². The molecule has 0 aromatic carbocycles. The predicted molar refractivity (Wildman–Crippen MR) is 132 cm³/mol. The smallest absolute Gasteiger partial charge is 0.154 e. The van der Waals surface area contributed by atoms with Crippen LogP contribution in [0.4, 0.5) is 5.82 Å². The van der Waals surface area contributed by atoms with Crippen molar-refractivity contribution in [1.82, 2.24) is 25.2 Å². The summed E-state index contributed by atoms with van der Waals surface area (Å²) in [7, 11) is 0. The highest BCUT2D eigenvalue weighted by Gasteiger charge is 2.20. The van der Waals surface area contributed by atoms with Crippen LogP contribution in [0.2, 0.25) is 0 Å². The highest BCUT2D eigenvalue weighted by atomic mass is 16.5. The fourth-order valence-corrected chi connectivity index (χ4v) is 4.32. The van der Waals surface area contributed by atoms with Crippen LogP contribution in [0.1, 0.15) is 19.5 Å². The monoisotopic (exact) mass is 450 g/mol. The van der Waals surface area contributed by atoms with Crippen LogP contribution in [-0.4, -0.2) is 84.5 Å². The minimum Gasteiger partial charge on any atom is -0.379 e. The van der Waals surface area contributed by atoms with E-state index in [-0.39, 0.29) is 12.1 Å². The largest absolute Gasteiger partial charge is 0.379 e. The average Bonchev–Trinajstić information content (AvgIpc) is 2.87. The zero-order valence-electron chi connectivity index (χ0n) is 19.6. The summed E-state index contributed by atoms with van der Waals surface area (Å²) in [5, 5.41) is 6.81. The standard InChI is InChI=1S/C25H34N6O2/c1-4-19(14-18(3)23(5-2)31-9-12-32-13-10-31)21-15-22-24(28-7-6-27-22)25(30-21)29-17-20-16-26-8-11-33-20/h4-7,14-15,20,23,26H,2,8-13,16-17H2,1,3H3,(H,29,30)/b18-14-,19-4+/t20-,23?/m0/s1. The Morgan fingerprint density at radius 2 is 2.12 bits per heavy atom. The molecular weight excluding hydrogens is 416 g/mol. The van der Waals surface area contributed by atoms with Crippen LogP contribution in [0, 0.1) is 0 Å². The minimum atomic E-state index is 0.0983. The lowest BCUT2D eigenvalue weighted by atomic mass is 10.0. The third kappa shape index (κ3) is 5.83.